The quantitative estimate of drug-likeness (QED) is 0.228. The number of carbonyl (C=O) groups excluding carboxylic acids is 2. The Hall–Kier alpha value is -4.43. The summed E-state index contributed by atoms with van der Waals surface area (Å²) in [4.78, 5) is 26.2. The number of rotatable bonds is 11. The molecule has 5 rings (SSSR count). The van der Waals surface area contributed by atoms with E-state index in [-0.39, 0.29) is 41.6 Å². The molecule has 0 spiro atoms. The van der Waals surface area contributed by atoms with Crippen LogP contribution in [0.1, 0.15) is 50.2 Å². The number of benzene rings is 3. The van der Waals surface area contributed by atoms with Crippen molar-refractivity contribution in [2.45, 2.75) is 32.4 Å². The minimum atomic E-state index is -0.296. The van der Waals surface area contributed by atoms with E-state index in [2.05, 4.69) is 10.4 Å². The molecule has 0 bridgehead atoms. The Labute approximate surface area is 221 Å². The molecule has 8 nitrogen and oxygen atoms in total. The van der Waals surface area contributed by atoms with Gasteiger partial charge < -0.3 is 20.5 Å². The first kappa shape index (κ1) is 25.2. The van der Waals surface area contributed by atoms with Crippen LogP contribution in [0.4, 0.5) is 5.82 Å². The molecule has 1 aliphatic carbocycles. The van der Waals surface area contributed by atoms with Crippen LogP contribution in [0.15, 0.2) is 78.9 Å². The number of nitrogen functional groups attached to an aromatic ring is 1. The number of aryl methyl sites for hydroxylation is 1. The zero-order chi connectivity index (χ0) is 26.5. The van der Waals surface area contributed by atoms with Gasteiger partial charge in [0.25, 0.3) is 5.91 Å². The van der Waals surface area contributed by atoms with E-state index in [1.54, 1.807) is 36.4 Å². The van der Waals surface area contributed by atoms with Gasteiger partial charge in [0.2, 0.25) is 11.7 Å². The maximum Gasteiger partial charge on any atom is 0.251 e. The van der Waals surface area contributed by atoms with E-state index in [0.29, 0.717) is 30.0 Å². The van der Waals surface area contributed by atoms with Gasteiger partial charge in [0.1, 0.15) is 18.0 Å². The van der Waals surface area contributed by atoms with Gasteiger partial charge in [-0.2, -0.15) is 0 Å². The predicted octanol–water partition coefficient (Wildman–Crippen LogP) is 4.48. The van der Waals surface area contributed by atoms with E-state index < -0.39 is 0 Å². The van der Waals surface area contributed by atoms with Crippen LogP contribution in [0, 0.1) is 6.92 Å². The fourth-order valence-electron chi connectivity index (χ4n) is 4.08. The number of ketones is 1. The number of nitrogens with two attached hydrogens (primary N) is 1. The molecule has 0 saturated heterocycles. The van der Waals surface area contributed by atoms with Gasteiger partial charge in [0.05, 0.1) is 18.9 Å². The van der Waals surface area contributed by atoms with E-state index in [9.17, 15) is 9.59 Å². The summed E-state index contributed by atoms with van der Waals surface area (Å²) in [7, 11) is 0. The minimum absolute atomic E-state index is 0.117. The molecule has 0 atom stereocenters. The number of carbonyl (C=O) groups is 2. The highest BCUT2D eigenvalue weighted by Gasteiger charge is 2.27. The Morgan fingerprint density at radius 2 is 1.68 bits per heavy atom. The molecular formula is C30H30N4O4. The SMILES string of the molecule is Cc1ccc(C(=O)NC2CC2)cc1-n1nc(OCCOCc2ccccc2)c(C(=O)c2ccccc2)c1N. The lowest BCUT2D eigenvalue weighted by atomic mass is 10.1. The summed E-state index contributed by atoms with van der Waals surface area (Å²) >= 11 is 0. The summed E-state index contributed by atoms with van der Waals surface area (Å²) in [5, 5.41) is 7.58. The molecule has 1 saturated carbocycles. The van der Waals surface area contributed by atoms with Gasteiger partial charge in [-0.25, -0.2) is 4.68 Å². The molecule has 1 aliphatic rings. The van der Waals surface area contributed by atoms with Gasteiger partial charge in [0, 0.05) is 17.2 Å². The zero-order valence-corrected chi connectivity index (χ0v) is 21.2. The Morgan fingerprint density at radius 1 is 0.974 bits per heavy atom. The lowest BCUT2D eigenvalue weighted by Gasteiger charge is -2.11. The fourth-order valence-corrected chi connectivity index (χ4v) is 4.08. The van der Waals surface area contributed by atoms with Crippen LogP contribution in [0.3, 0.4) is 0 Å². The van der Waals surface area contributed by atoms with Crippen molar-refractivity contribution in [3.63, 3.8) is 0 Å². The van der Waals surface area contributed by atoms with E-state index in [0.717, 1.165) is 24.0 Å². The molecule has 3 aromatic carbocycles. The van der Waals surface area contributed by atoms with Crippen molar-refractivity contribution in [3.05, 3.63) is 107 Å². The highest BCUT2D eigenvalue weighted by molar-refractivity contribution is 6.13. The van der Waals surface area contributed by atoms with Crippen LogP contribution in [0.25, 0.3) is 5.69 Å². The molecule has 3 N–H and O–H groups in total. The maximum atomic E-state index is 13.5. The van der Waals surface area contributed by atoms with Crippen LogP contribution in [0.5, 0.6) is 5.88 Å². The maximum absolute atomic E-state index is 13.5. The number of amides is 1. The van der Waals surface area contributed by atoms with Gasteiger partial charge >= 0.3 is 0 Å². The van der Waals surface area contributed by atoms with Crippen molar-refractivity contribution in [2.24, 2.45) is 0 Å². The van der Waals surface area contributed by atoms with Crippen molar-refractivity contribution in [1.82, 2.24) is 15.1 Å². The average molecular weight is 511 g/mol. The standard InChI is InChI=1S/C30H30N4O4/c1-20-12-13-23(29(36)32-24-14-15-24)18-25(20)34-28(31)26(27(35)22-10-6-3-7-11-22)30(33-34)38-17-16-37-19-21-8-4-2-5-9-21/h2-13,18,24H,14-17,19,31H2,1H3,(H,32,36). The smallest absolute Gasteiger partial charge is 0.251 e. The molecule has 1 amide bonds. The van der Waals surface area contributed by atoms with Crippen molar-refractivity contribution in [1.29, 1.82) is 0 Å². The lowest BCUT2D eigenvalue weighted by Crippen LogP contribution is -2.25. The molecule has 8 heteroatoms. The topological polar surface area (TPSA) is 108 Å². The van der Waals surface area contributed by atoms with E-state index >= 15 is 0 Å². The normalized spacial score (nSPS) is 12.8. The van der Waals surface area contributed by atoms with Crippen LogP contribution in [-0.2, 0) is 11.3 Å². The second-order valence-electron chi connectivity index (χ2n) is 9.31. The van der Waals surface area contributed by atoms with Crippen molar-refractivity contribution in [2.75, 3.05) is 18.9 Å². The second-order valence-corrected chi connectivity index (χ2v) is 9.31. The Balaban J connectivity index is 1.41. The summed E-state index contributed by atoms with van der Waals surface area (Å²) in [6, 6.07) is 24.3. The third-order valence-electron chi connectivity index (χ3n) is 6.34. The minimum Gasteiger partial charge on any atom is -0.474 e. The molecule has 0 aliphatic heterocycles. The zero-order valence-electron chi connectivity index (χ0n) is 21.2. The van der Waals surface area contributed by atoms with Crippen LogP contribution < -0.4 is 15.8 Å². The van der Waals surface area contributed by atoms with E-state index in [4.69, 9.17) is 15.2 Å². The first-order valence-electron chi connectivity index (χ1n) is 12.7. The van der Waals surface area contributed by atoms with Gasteiger partial charge in [0.15, 0.2) is 0 Å². The largest absolute Gasteiger partial charge is 0.474 e. The lowest BCUT2D eigenvalue weighted by molar-refractivity contribution is 0.0862. The van der Waals surface area contributed by atoms with Crippen molar-refractivity contribution in [3.8, 4) is 11.6 Å². The number of anilines is 1. The highest BCUT2D eigenvalue weighted by atomic mass is 16.5. The molecule has 4 aromatic rings. The highest BCUT2D eigenvalue weighted by Crippen LogP contribution is 2.31. The number of nitrogens with one attached hydrogen (secondary N) is 1. The molecule has 38 heavy (non-hydrogen) atoms. The van der Waals surface area contributed by atoms with Crippen LogP contribution in [-0.4, -0.2) is 40.7 Å². The Morgan fingerprint density at radius 3 is 2.39 bits per heavy atom. The second kappa shape index (κ2) is 11.3. The summed E-state index contributed by atoms with van der Waals surface area (Å²) in [6.07, 6.45) is 1.99. The first-order valence-corrected chi connectivity index (χ1v) is 12.7. The molecular weight excluding hydrogens is 480 g/mol. The van der Waals surface area contributed by atoms with Crippen LogP contribution >= 0.6 is 0 Å². The van der Waals surface area contributed by atoms with Gasteiger partial charge in [-0.15, -0.1) is 5.10 Å². The van der Waals surface area contributed by atoms with Gasteiger partial charge in [-0.1, -0.05) is 66.7 Å². The molecule has 1 heterocycles. The molecule has 1 aromatic heterocycles. The summed E-state index contributed by atoms with van der Waals surface area (Å²) in [5.41, 5.74) is 10.2. The van der Waals surface area contributed by atoms with Crippen LogP contribution in [0.2, 0.25) is 0 Å². The summed E-state index contributed by atoms with van der Waals surface area (Å²) < 4.78 is 13.1. The first-order chi connectivity index (χ1) is 18.5. The summed E-state index contributed by atoms with van der Waals surface area (Å²) in [6.45, 7) is 2.83. The average Bonchev–Trinajstić information content (AvgIpc) is 3.70. The molecule has 0 radical (unpaired) electrons. The number of nitrogens with zero attached hydrogens (tertiary/aromatic N) is 2. The van der Waals surface area contributed by atoms with Crippen molar-refractivity contribution < 1.29 is 19.1 Å². The third-order valence-corrected chi connectivity index (χ3v) is 6.34. The molecule has 194 valence electrons. The number of aromatic nitrogens is 2. The molecule has 0 unspecified atom stereocenters. The fraction of sp³-hybridized carbons (Fsp3) is 0.233. The Bertz CT molecular complexity index is 1430. The third kappa shape index (κ3) is 5.76. The number of hydrogen-bond donors (Lipinski definition) is 2. The van der Waals surface area contributed by atoms with Gasteiger partial charge in [-0.3, -0.25) is 9.59 Å². The van der Waals surface area contributed by atoms with Crippen molar-refractivity contribution >= 4 is 17.5 Å². The van der Waals surface area contributed by atoms with Gasteiger partial charge in [-0.05, 0) is 43.0 Å². The number of hydrogen-bond acceptors (Lipinski definition) is 6. The molecule has 1 fully saturated rings. The number of ether oxygens (including phenoxy) is 2. The Kier molecular flexibility index (Phi) is 7.51. The monoisotopic (exact) mass is 510 g/mol. The predicted molar refractivity (Wildman–Crippen MR) is 145 cm³/mol. The summed E-state index contributed by atoms with van der Waals surface area (Å²) in [5.74, 6) is -0.184. The van der Waals surface area contributed by atoms with E-state index in [1.807, 2.05) is 49.4 Å². The van der Waals surface area contributed by atoms with E-state index in [1.165, 1.54) is 4.68 Å².